The largest absolute Gasteiger partial charge is 0.454 e. The van der Waals surface area contributed by atoms with Gasteiger partial charge in [0.2, 0.25) is 5.82 Å². The van der Waals surface area contributed by atoms with Crippen LogP contribution in [-0.4, -0.2) is 27.1 Å². The molecule has 0 N–H and O–H groups in total. The molecular weight excluding hydrogens is 295 g/mol. The number of hydrogen-bond donors (Lipinski definition) is 0. The fourth-order valence-corrected chi connectivity index (χ4v) is 1.51. The average molecular weight is 309 g/mol. The van der Waals surface area contributed by atoms with Crippen LogP contribution >= 0.6 is 23.2 Å². The molecule has 0 bridgehead atoms. The van der Waals surface area contributed by atoms with E-state index in [2.05, 4.69) is 4.98 Å². The molecule has 0 amide bonds. The second-order valence-electron chi connectivity index (χ2n) is 4.71. The van der Waals surface area contributed by atoms with Crippen LogP contribution < -0.4 is 0 Å². The Hall–Kier alpha value is -1.27. The monoisotopic (exact) mass is 308 g/mol. The van der Waals surface area contributed by atoms with Crippen molar-refractivity contribution in [2.24, 2.45) is 0 Å². The van der Waals surface area contributed by atoms with Gasteiger partial charge < -0.3 is 9.47 Å². The summed E-state index contributed by atoms with van der Waals surface area (Å²) in [5.74, 6) is -1.34. The molecule has 0 radical (unpaired) electrons. The van der Waals surface area contributed by atoms with Gasteiger partial charge in [-0.1, -0.05) is 23.2 Å². The van der Waals surface area contributed by atoms with E-state index in [9.17, 15) is 9.59 Å². The van der Waals surface area contributed by atoms with Crippen LogP contribution in [0.2, 0.25) is 10.3 Å². The van der Waals surface area contributed by atoms with Crippen LogP contribution in [-0.2, 0) is 21.0 Å². The minimum atomic E-state index is -0.701. The van der Waals surface area contributed by atoms with Gasteiger partial charge in [-0.3, -0.25) is 9.36 Å². The summed E-state index contributed by atoms with van der Waals surface area (Å²) in [4.78, 5) is 26.5. The Morgan fingerprint density at radius 1 is 1.32 bits per heavy atom. The first-order valence-electron chi connectivity index (χ1n) is 5.40. The van der Waals surface area contributed by atoms with E-state index in [1.807, 2.05) is 0 Å². The number of nitrogens with zero attached hydrogens (tertiary/aromatic N) is 2. The lowest BCUT2D eigenvalue weighted by molar-refractivity contribution is -0.144. The van der Waals surface area contributed by atoms with Crippen LogP contribution in [0.1, 0.15) is 38.3 Å². The van der Waals surface area contributed by atoms with Gasteiger partial charge in [-0.15, -0.1) is 0 Å². The number of imidazole rings is 1. The van der Waals surface area contributed by atoms with Crippen LogP contribution in [0, 0.1) is 0 Å². The van der Waals surface area contributed by atoms with Crippen LogP contribution in [0.5, 0.6) is 0 Å². The van der Waals surface area contributed by atoms with Gasteiger partial charge in [0.15, 0.2) is 17.0 Å². The summed E-state index contributed by atoms with van der Waals surface area (Å²) >= 11 is 11.6. The molecule has 1 aromatic rings. The Bertz CT molecular complexity index is 506. The van der Waals surface area contributed by atoms with Crippen molar-refractivity contribution in [2.45, 2.75) is 40.0 Å². The van der Waals surface area contributed by atoms with Gasteiger partial charge in [0.25, 0.3) is 0 Å². The summed E-state index contributed by atoms with van der Waals surface area (Å²) in [6, 6.07) is 0. The lowest BCUT2D eigenvalue weighted by Crippen LogP contribution is -2.26. The molecule has 0 spiro atoms. The molecule has 0 aromatic carbocycles. The molecule has 0 aliphatic carbocycles. The van der Waals surface area contributed by atoms with Gasteiger partial charge in [0, 0.05) is 6.92 Å². The second-order valence-corrected chi connectivity index (χ2v) is 5.43. The molecule has 1 heterocycles. The van der Waals surface area contributed by atoms with Crippen molar-refractivity contribution in [2.75, 3.05) is 0 Å². The van der Waals surface area contributed by atoms with E-state index in [4.69, 9.17) is 32.7 Å². The molecule has 8 heteroatoms. The van der Waals surface area contributed by atoms with Gasteiger partial charge in [0.1, 0.15) is 5.60 Å². The normalized spacial score (nSPS) is 11.3. The van der Waals surface area contributed by atoms with Crippen LogP contribution in [0.3, 0.4) is 0 Å². The molecule has 19 heavy (non-hydrogen) atoms. The van der Waals surface area contributed by atoms with E-state index in [0.29, 0.717) is 0 Å². The van der Waals surface area contributed by atoms with Crippen molar-refractivity contribution in [1.29, 1.82) is 0 Å². The van der Waals surface area contributed by atoms with Crippen molar-refractivity contribution < 1.29 is 19.1 Å². The topological polar surface area (TPSA) is 70.4 Å². The zero-order valence-corrected chi connectivity index (χ0v) is 12.5. The van der Waals surface area contributed by atoms with E-state index < -0.39 is 17.5 Å². The quantitative estimate of drug-likeness (QED) is 0.803. The first-order chi connectivity index (χ1) is 8.61. The minimum absolute atomic E-state index is 0.00350. The number of halogens is 2. The number of hydrogen-bond acceptors (Lipinski definition) is 5. The fraction of sp³-hybridized carbons (Fsp3) is 0.545. The Balaban J connectivity index is 3.03. The van der Waals surface area contributed by atoms with E-state index >= 15 is 0 Å². The highest BCUT2D eigenvalue weighted by Crippen LogP contribution is 2.24. The third-order valence-corrected chi connectivity index (χ3v) is 2.59. The maximum atomic E-state index is 11.9. The third kappa shape index (κ3) is 4.40. The van der Waals surface area contributed by atoms with Crippen LogP contribution in [0.15, 0.2) is 0 Å². The molecule has 6 nitrogen and oxygen atoms in total. The van der Waals surface area contributed by atoms with Crippen molar-refractivity contribution in [3.63, 3.8) is 0 Å². The Morgan fingerprint density at radius 3 is 2.37 bits per heavy atom. The molecule has 0 saturated heterocycles. The molecule has 1 aromatic heterocycles. The van der Waals surface area contributed by atoms with Gasteiger partial charge in [0.05, 0.1) is 0 Å². The Labute approximate surface area is 120 Å². The van der Waals surface area contributed by atoms with Crippen molar-refractivity contribution in [3.05, 3.63) is 16.1 Å². The molecule has 0 aliphatic heterocycles. The molecular formula is C11H14Cl2N2O4. The highest BCUT2D eigenvalue weighted by molar-refractivity contribution is 6.40. The zero-order valence-electron chi connectivity index (χ0n) is 11.0. The predicted octanol–water partition coefficient (Wildman–Crippen LogP) is 2.67. The first-order valence-corrected chi connectivity index (χ1v) is 6.15. The van der Waals surface area contributed by atoms with Gasteiger partial charge >= 0.3 is 11.9 Å². The second kappa shape index (κ2) is 5.79. The molecule has 0 fully saturated rings. The summed E-state index contributed by atoms with van der Waals surface area (Å²) in [6.45, 7) is 6.12. The Morgan fingerprint density at radius 2 is 1.89 bits per heavy atom. The van der Waals surface area contributed by atoms with E-state index in [-0.39, 0.29) is 22.9 Å². The van der Waals surface area contributed by atoms with Crippen molar-refractivity contribution in [1.82, 2.24) is 9.55 Å². The van der Waals surface area contributed by atoms with Gasteiger partial charge in [-0.25, -0.2) is 9.78 Å². The summed E-state index contributed by atoms with van der Waals surface area (Å²) in [6.07, 6.45) is 0. The Kier molecular flexibility index (Phi) is 4.81. The molecule has 106 valence electrons. The SMILES string of the molecule is CC(=O)OCn1c(C(=O)OC(C)(C)C)nc(Cl)c1Cl. The van der Waals surface area contributed by atoms with Gasteiger partial charge in [-0.2, -0.15) is 0 Å². The summed E-state index contributed by atoms with van der Waals surface area (Å²) in [5, 5.41) is -0.0570. The molecule has 0 atom stereocenters. The number of carbonyl (C=O) groups is 2. The first kappa shape index (κ1) is 15.8. The smallest absolute Gasteiger partial charge is 0.375 e. The highest BCUT2D eigenvalue weighted by atomic mass is 35.5. The lowest BCUT2D eigenvalue weighted by atomic mass is 10.2. The van der Waals surface area contributed by atoms with Gasteiger partial charge in [-0.05, 0) is 20.8 Å². The molecule has 0 unspecified atom stereocenters. The summed E-state index contributed by atoms with van der Waals surface area (Å²) in [5.41, 5.74) is -0.686. The van der Waals surface area contributed by atoms with Crippen molar-refractivity contribution in [3.8, 4) is 0 Å². The van der Waals surface area contributed by atoms with E-state index in [1.54, 1.807) is 20.8 Å². The number of rotatable bonds is 3. The zero-order chi connectivity index (χ0) is 14.8. The molecule has 1 rings (SSSR count). The number of aromatic nitrogens is 2. The standard InChI is InChI=1S/C11H14Cl2N2O4/c1-6(16)18-5-15-8(13)7(12)14-9(15)10(17)19-11(2,3)4/h5H2,1-4H3. The maximum Gasteiger partial charge on any atom is 0.375 e. The fourth-order valence-electron chi connectivity index (χ4n) is 1.16. The third-order valence-electron chi connectivity index (χ3n) is 1.85. The van der Waals surface area contributed by atoms with Crippen LogP contribution in [0.4, 0.5) is 0 Å². The number of ether oxygens (including phenoxy) is 2. The average Bonchev–Trinajstić information content (AvgIpc) is 2.50. The predicted molar refractivity (Wildman–Crippen MR) is 69.2 cm³/mol. The highest BCUT2D eigenvalue weighted by Gasteiger charge is 2.25. The van der Waals surface area contributed by atoms with Crippen molar-refractivity contribution >= 4 is 35.1 Å². The molecule has 0 aliphatic rings. The lowest BCUT2D eigenvalue weighted by Gasteiger charge is -2.19. The number of esters is 2. The number of carbonyl (C=O) groups excluding carboxylic acids is 2. The maximum absolute atomic E-state index is 11.9. The summed E-state index contributed by atoms with van der Waals surface area (Å²) < 4.78 is 11.1. The van der Waals surface area contributed by atoms with E-state index in [0.717, 1.165) is 0 Å². The molecule has 0 saturated carbocycles. The summed E-state index contributed by atoms with van der Waals surface area (Å²) in [7, 11) is 0. The van der Waals surface area contributed by atoms with Crippen LogP contribution in [0.25, 0.3) is 0 Å². The van der Waals surface area contributed by atoms with E-state index in [1.165, 1.54) is 11.5 Å². The minimum Gasteiger partial charge on any atom is -0.454 e.